The van der Waals surface area contributed by atoms with Gasteiger partial charge in [-0.2, -0.15) is 4.39 Å². The van der Waals surface area contributed by atoms with Crippen molar-refractivity contribution in [3.8, 4) is 0 Å². The van der Waals surface area contributed by atoms with Crippen molar-refractivity contribution >= 4 is 17.1 Å². The number of H-pyrrole nitrogens is 1. The van der Waals surface area contributed by atoms with Gasteiger partial charge in [-0.1, -0.05) is 55.4 Å². The standard InChI is InChI=1S/C21H39FN2O8Si2/c1-11(2)33(29,12(3)4)32-34(13(5)6,14(7)8)30-10-16-17(25)18(26)20(31-16)24-9-15(22)19(27)23-21(24)28/h9,11-14,16-18,20,25-26,29H,10H2,1-8H3,(H,23,27,28)/t16-,17-,18-,20-/m1/s1. The van der Waals surface area contributed by atoms with Crippen LogP contribution in [0.1, 0.15) is 61.6 Å². The second kappa shape index (κ2) is 10.8. The third kappa shape index (κ3) is 5.46. The summed E-state index contributed by atoms with van der Waals surface area (Å²) >= 11 is 0. The second-order valence-corrected chi connectivity index (χ2v) is 18.9. The summed E-state index contributed by atoms with van der Waals surface area (Å²) in [6, 6.07) is 0. The van der Waals surface area contributed by atoms with Gasteiger partial charge in [0, 0.05) is 0 Å². The van der Waals surface area contributed by atoms with Crippen LogP contribution in [0, 0.1) is 5.82 Å². The first-order valence-corrected chi connectivity index (χ1v) is 15.7. The summed E-state index contributed by atoms with van der Waals surface area (Å²) in [5.74, 6) is -1.23. The number of rotatable bonds is 10. The molecule has 0 saturated carbocycles. The fourth-order valence-electron chi connectivity index (χ4n) is 4.38. The van der Waals surface area contributed by atoms with Crippen LogP contribution in [-0.4, -0.2) is 66.6 Å². The lowest BCUT2D eigenvalue weighted by Gasteiger charge is -2.46. The number of nitrogens with one attached hydrogen (secondary N) is 1. The largest absolute Gasteiger partial charge is 0.414 e. The molecule has 0 aromatic carbocycles. The smallest absolute Gasteiger partial charge is 0.334 e. The van der Waals surface area contributed by atoms with Crippen LogP contribution in [0.15, 0.2) is 15.8 Å². The number of aromatic nitrogens is 2. The lowest BCUT2D eigenvalue weighted by Crippen LogP contribution is -2.60. The van der Waals surface area contributed by atoms with Gasteiger partial charge in [0.1, 0.15) is 18.3 Å². The normalized spacial score (nSPS) is 24.2. The van der Waals surface area contributed by atoms with E-state index < -0.39 is 58.7 Å². The Morgan fingerprint density at radius 3 is 2.03 bits per heavy atom. The number of hydrogen-bond acceptors (Lipinski definition) is 8. The molecule has 196 valence electrons. The summed E-state index contributed by atoms with van der Waals surface area (Å²) in [6.45, 7) is 15.4. The number of nitrogens with zero attached hydrogens (tertiary/aromatic N) is 1. The van der Waals surface area contributed by atoms with Crippen molar-refractivity contribution in [1.29, 1.82) is 0 Å². The van der Waals surface area contributed by atoms with Gasteiger partial charge in [-0.15, -0.1) is 0 Å². The third-order valence-electron chi connectivity index (χ3n) is 6.60. The van der Waals surface area contributed by atoms with E-state index in [2.05, 4.69) is 0 Å². The molecule has 1 aliphatic rings. The van der Waals surface area contributed by atoms with Crippen molar-refractivity contribution in [2.24, 2.45) is 0 Å². The van der Waals surface area contributed by atoms with E-state index in [4.69, 9.17) is 13.3 Å². The maximum atomic E-state index is 13.7. The SMILES string of the molecule is CC(C)[Si](O)(O[Si](OC[C@H]1O[C@@H](n2cc(F)c(=O)[nH]c2=O)[C@H](O)[C@@H]1O)(C(C)C)C(C)C)C(C)C. The summed E-state index contributed by atoms with van der Waals surface area (Å²) in [5.41, 5.74) is -2.45. The first kappa shape index (κ1) is 29.0. The van der Waals surface area contributed by atoms with Gasteiger partial charge in [-0.05, 0) is 22.2 Å². The minimum atomic E-state index is -3.19. The summed E-state index contributed by atoms with van der Waals surface area (Å²) in [6.07, 6.45) is -4.85. The molecule has 0 amide bonds. The van der Waals surface area contributed by atoms with Crippen LogP contribution >= 0.6 is 0 Å². The van der Waals surface area contributed by atoms with Gasteiger partial charge in [0.25, 0.3) is 5.56 Å². The molecule has 1 fully saturated rings. The molecule has 10 nitrogen and oxygen atoms in total. The zero-order valence-electron chi connectivity index (χ0n) is 21.1. The van der Waals surface area contributed by atoms with E-state index in [0.29, 0.717) is 10.8 Å². The average molecular weight is 523 g/mol. The highest BCUT2D eigenvalue weighted by Crippen LogP contribution is 2.42. The van der Waals surface area contributed by atoms with Crippen molar-refractivity contribution < 1.29 is 32.7 Å². The number of hydrogen-bond donors (Lipinski definition) is 4. The molecule has 0 spiro atoms. The molecular weight excluding hydrogens is 483 g/mol. The predicted molar refractivity (Wildman–Crippen MR) is 128 cm³/mol. The van der Waals surface area contributed by atoms with Crippen LogP contribution in [0.4, 0.5) is 4.39 Å². The lowest BCUT2D eigenvalue weighted by atomic mass is 10.1. The molecule has 2 rings (SSSR count). The number of aliphatic hydroxyl groups is 2. The van der Waals surface area contributed by atoms with Crippen LogP contribution in [0.3, 0.4) is 0 Å². The molecule has 4 atom stereocenters. The van der Waals surface area contributed by atoms with Gasteiger partial charge in [-0.25, -0.2) is 4.79 Å². The van der Waals surface area contributed by atoms with Crippen molar-refractivity contribution in [2.75, 3.05) is 6.61 Å². The quantitative estimate of drug-likeness (QED) is 0.341. The number of aromatic amines is 1. The Labute approximate surface area is 201 Å². The molecule has 0 radical (unpaired) electrons. The molecule has 1 aliphatic heterocycles. The highest BCUT2D eigenvalue weighted by molar-refractivity contribution is 6.83. The van der Waals surface area contributed by atoms with Crippen LogP contribution in [-0.2, 0) is 13.3 Å². The van der Waals surface area contributed by atoms with E-state index in [1.165, 1.54) is 0 Å². The maximum Gasteiger partial charge on any atom is 0.334 e. The summed E-state index contributed by atoms with van der Waals surface area (Å²) in [4.78, 5) is 36.7. The minimum absolute atomic E-state index is 0.0563. The summed E-state index contributed by atoms with van der Waals surface area (Å²) in [7, 11) is -6.29. The van der Waals surface area contributed by atoms with Crippen LogP contribution < -0.4 is 11.2 Å². The van der Waals surface area contributed by atoms with E-state index in [1.807, 2.05) is 55.4 Å². The molecule has 0 bridgehead atoms. The van der Waals surface area contributed by atoms with E-state index >= 15 is 0 Å². The lowest BCUT2D eigenvalue weighted by molar-refractivity contribution is -0.0561. The van der Waals surface area contributed by atoms with Gasteiger partial charge >= 0.3 is 22.8 Å². The van der Waals surface area contributed by atoms with Gasteiger partial charge in [0.15, 0.2) is 6.23 Å². The van der Waals surface area contributed by atoms with Gasteiger partial charge in [0.05, 0.1) is 12.8 Å². The van der Waals surface area contributed by atoms with Crippen molar-refractivity contribution in [1.82, 2.24) is 9.55 Å². The Bertz CT molecular complexity index is 935. The van der Waals surface area contributed by atoms with Gasteiger partial charge in [0.2, 0.25) is 5.82 Å². The molecule has 0 unspecified atom stereocenters. The molecule has 1 saturated heterocycles. The Morgan fingerprint density at radius 2 is 1.56 bits per heavy atom. The molecule has 2 heterocycles. The van der Waals surface area contributed by atoms with Crippen molar-refractivity contribution in [3.05, 3.63) is 32.9 Å². The van der Waals surface area contributed by atoms with E-state index in [9.17, 15) is 29.0 Å². The second-order valence-electron chi connectivity index (χ2n) is 10.2. The number of halogens is 1. The molecule has 1 aromatic heterocycles. The molecule has 13 heteroatoms. The van der Waals surface area contributed by atoms with Gasteiger partial charge in [-0.3, -0.25) is 14.3 Å². The van der Waals surface area contributed by atoms with E-state index in [1.54, 1.807) is 4.98 Å². The van der Waals surface area contributed by atoms with E-state index in [0.717, 1.165) is 0 Å². The molecule has 34 heavy (non-hydrogen) atoms. The van der Waals surface area contributed by atoms with Crippen molar-refractivity contribution in [2.45, 2.75) is 102 Å². The number of aliphatic hydroxyl groups excluding tert-OH is 2. The Hall–Kier alpha value is -1.20. The fraction of sp³-hybridized carbons (Fsp3) is 0.810. The zero-order chi connectivity index (χ0) is 26.2. The maximum absolute atomic E-state index is 13.7. The Morgan fingerprint density at radius 1 is 1.03 bits per heavy atom. The summed E-state index contributed by atoms with van der Waals surface area (Å²) in [5, 5.41) is 21.1. The minimum Gasteiger partial charge on any atom is -0.414 e. The predicted octanol–water partition coefficient (Wildman–Crippen LogP) is 1.84. The van der Waals surface area contributed by atoms with Crippen LogP contribution in [0.5, 0.6) is 0 Å². The Balaban J connectivity index is 2.32. The van der Waals surface area contributed by atoms with Crippen LogP contribution in [0.2, 0.25) is 22.2 Å². The van der Waals surface area contributed by atoms with Gasteiger partial charge < -0.3 is 28.3 Å². The zero-order valence-corrected chi connectivity index (χ0v) is 23.1. The van der Waals surface area contributed by atoms with E-state index in [-0.39, 0.29) is 28.8 Å². The highest BCUT2D eigenvalue weighted by atomic mass is 28.5. The third-order valence-corrected chi connectivity index (χ3v) is 16.3. The molecule has 0 aliphatic carbocycles. The number of ether oxygens (including phenoxy) is 1. The first-order chi connectivity index (χ1) is 15.6. The molecule has 1 aromatic rings. The molecule has 4 N–H and O–H groups in total. The fourth-order valence-corrected chi connectivity index (χ4v) is 14.2. The monoisotopic (exact) mass is 522 g/mol. The summed E-state index contributed by atoms with van der Waals surface area (Å²) < 4.78 is 33.1. The molecular formula is C21H39FN2O8Si2. The Kier molecular flexibility index (Phi) is 9.24. The highest BCUT2D eigenvalue weighted by Gasteiger charge is 2.55. The average Bonchev–Trinajstić information content (AvgIpc) is 3.01. The first-order valence-electron chi connectivity index (χ1n) is 11.7. The topological polar surface area (TPSA) is 143 Å². The van der Waals surface area contributed by atoms with Crippen molar-refractivity contribution in [3.63, 3.8) is 0 Å². The van der Waals surface area contributed by atoms with Crippen LogP contribution in [0.25, 0.3) is 0 Å².